The van der Waals surface area contributed by atoms with Gasteiger partial charge in [0.1, 0.15) is 5.76 Å². The van der Waals surface area contributed by atoms with Crippen molar-refractivity contribution in [2.45, 2.75) is 6.92 Å². The van der Waals surface area contributed by atoms with Crippen LogP contribution in [0.2, 0.25) is 0 Å². The Kier molecular flexibility index (Phi) is 4.12. The zero-order chi connectivity index (χ0) is 7.98. The normalized spacial score (nSPS) is 12.0. The molecule has 0 saturated heterocycles. The van der Waals surface area contributed by atoms with Crippen LogP contribution >= 0.6 is 0 Å². The lowest BCUT2D eigenvalue weighted by Crippen LogP contribution is -1.91. The largest absolute Gasteiger partial charge is 0.497 e. The maximum Gasteiger partial charge on any atom is 0.111 e. The quantitative estimate of drug-likeness (QED) is 0.475. The van der Waals surface area contributed by atoms with E-state index in [1.54, 1.807) is 25.3 Å². The van der Waals surface area contributed by atoms with Crippen molar-refractivity contribution in [3.8, 4) is 0 Å². The molecule has 10 heavy (non-hydrogen) atoms. The molecule has 2 nitrogen and oxygen atoms in total. The van der Waals surface area contributed by atoms with Gasteiger partial charge in [-0.1, -0.05) is 12.7 Å². The van der Waals surface area contributed by atoms with Crippen LogP contribution in [0.25, 0.3) is 0 Å². The molecule has 2 N–H and O–H groups in total. The van der Waals surface area contributed by atoms with Crippen molar-refractivity contribution in [3.05, 3.63) is 36.3 Å². The summed E-state index contributed by atoms with van der Waals surface area (Å²) in [6.07, 6.45) is 5.26. The highest BCUT2D eigenvalue weighted by molar-refractivity contribution is 5.20. The molecule has 0 unspecified atom stereocenters. The lowest BCUT2D eigenvalue weighted by molar-refractivity contribution is 0.309. The lowest BCUT2D eigenvalue weighted by atomic mass is 10.3. The molecule has 0 aromatic rings. The molecular weight excluding hydrogens is 126 g/mol. The Labute approximate surface area is 61.7 Å². The van der Waals surface area contributed by atoms with Gasteiger partial charge in [0.2, 0.25) is 0 Å². The van der Waals surface area contributed by atoms with Crippen molar-refractivity contribution < 1.29 is 4.74 Å². The zero-order valence-electron chi connectivity index (χ0n) is 6.42. The van der Waals surface area contributed by atoms with E-state index in [1.165, 1.54) is 0 Å². The van der Waals surface area contributed by atoms with Crippen LogP contribution in [0.3, 0.4) is 0 Å². The molecule has 0 aliphatic heterocycles. The van der Waals surface area contributed by atoms with Crippen LogP contribution < -0.4 is 5.73 Å². The van der Waals surface area contributed by atoms with E-state index in [-0.39, 0.29) is 0 Å². The van der Waals surface area contributed by atoms with Gasteiger partial charge in [-0.05, 0) is 19.1 Å². The van der Waals surface area contributed by atoms with E-state index in [9.17, 15) is 0 Å². The second-order valence-corrected chi connectivity index (χ2v) is 1.79. The molecule has 0 radical (unpaired) electrons. The third kappa shape index (κ3) is 3.78. The average molecular weight is 139 g/mol. The van der Waals surface area contributed by atoms with E-state index in [4.69, 9.17) is 10.5 Å². The standard InChI is InChI=1S/C8H13NO/c1-4-8(9)6-5-7(2)10-3/h4-6H,2,9H2,1,3H3/b6-5-,8-4+. The first-order valence-corrected chi connectivity index (χ1v) is 3.03. The Morgan fingerprint density at radius 1 is 1.50 bits per heavy atom. The van der Waals surface area contributed by atoms with Crippen LogP contribution in [0.4, 0.5) is 0 Å². The third-order valence-corrected chi connectivity index (χ3v) is 1.06. The molecule has 0 spiro atoms. The van der Waals surface area contributed by atoms with Crippen molar-refractivity contribution in [1.82, 2.24) is 0 Å². The monoisotopic (exact) mass is 139 g/mol. The number of hydrogen-bond acceptors (Lipinski definition) is 2. The molecule has 0 aromatic heterocycles. The second-order valence-electron chi connectivity index (χ2n) is 1.79. The van der Waals surface area contributed by atoms with E-state index in [2.05, 4.69) is 6.58 Å². The Bertz CT molecular complexity index is 168. The zero-order valence-corrected chi connectivity index (χ0v) is 6.42. The molecule has 0 bridgehead atoms. The van der Waals surface area contributed by atoms with Crippen molar-refractivity contribution in [2.75, 3.05) is 7.11 Å². The molecule has 0 aliphatic rings. The van der Waals surface area contributed by atoms with Crippen molar-refractivity contribution >= 4 is 0 Å². The summed E-state index contributed by atoms with van der Waals surface area (Å²) in [6, 6.07) is 0. The summed E-state index contributed by atoms with van der Waals surface area (Å²) in [4.78, 5) is 0. The number of nitrogens with two attached hydrogens (primary N) is 1. The summed E-state index contributed by atoms with van der Waals surface area (Å²) in [7, 11) is 1.57. The van der Waals surface area contributed by atoms with Crippen LogP contribution in [0.5, 0.6) is 0 Å². The van der Waals surface area contributed by atoms with Crippen LogP contribution in [0.1, 0.15) is 6.92 Å². The van der Waals surface area contributed by atoms with E-state index >= 15 is 0 Å². The highest BCUT2D eigenvalue weighted by Crippen LogP contribution is 1.94. The van der Waals surface area contributed by atoms with Gasteiger partial charge in [0.05, 0.1) is 7.11 Å². The van der Waals surface area contributed by atoms with E-state index in [0.717, 1.165) is 0 Å². The summed E-state index contributed by atoms with van der Waals surface area (Å²) in [5.74, 6) is 0.602. The van der Waals surface area contributed by atoms with E-state index < -0.39 is 0 Å². The molecular formula is C8H13NO. The molecule has 0 heterocycles. The second kappa shape index (κ2) is 4.68. The fourth-order valence-corrected chi connectivity index (χ4v) is 0.353. The fourth-order valence-electron chi connectivity index (χ4n) is 0.353. The molecule has 0 saturated carbocycles. The highest BCUT2D eigenvalue weighted by atomic mass is 16.5. The summed E-state index contributed by atoms with van der Waals surface area (Å²) in [6.45, 7) is 5.46. The number of ether oxygens (including phenoxy) is 1. The molecule has 0 fully saturated rings. The first-order valence-electron chi connectivity index (χ1n) is 3.03. The van der Waals surface area contributed by atoms with E-state index in [0.29, 0.717) is 11.5 Å². The fraction of sp³-hybridized carbons (Fsp3) is 0.250. The van der Waals surface area contributed by atoms with Crippen LogP contribution in [0, 0.1) is 0 Å². The van der Waals surface area contributed by atoms with Gasteiger partial charge in [-0.25, -0.2) is 0 Å². The van der Waals surface area contributed by atoms with Gasteiger partial charge in [-0.3, -0.25) is 0 Å². The molecule has 0 atom stereocenters. The third-order valence-electron chi connectivity index (χ3n) is 1.06. The topological polar surface area (TPSA) is 35.2 Å². The minimum atomic E-state index is 0.602. The molecule has 56 valence electrons. The summed E-state index contributed by atoms with van der Waals surface area (Å²) in [5, 5.41) is 0. The van der Waals surface area contributed by atoms with Gasteiger partial charge in [0.25, 0.3) is 0 Å². The van der Waals surface area contributed by atoms with Crippen molar-refractivity contribution in [1.29, 1.82) is 0 Å². The smallest absolute Gasteiger partial charge is 0.111 e. The average Bonchev–Trinajstić information content (AvgIpc) is 1.99. The number of allylic oxidation sites excluding steroid dienone is 3. The van der Waals surface area contributed by atoms with Gasteiger partial charge in [-0.2, -0.15) is 0 Å². The molecule has 0 aliphatic carbocycles. The van der Waals surface area contributed by atoms with Gasteiger partial charge in [0.15, 0.2) is 0 Å². The summed E-state index contributed by atoms with van der Waals surface area (Å²) < 4.78 is 4.78. The first kappa shape index (κ1) is 8.82. The first-order chi connectivity index (χ1) is 4.70. The van der Waals surface area contributed by atoms with Gasteiger partial charge in [0, 0.05) is 5.70 Å². The minimum Gasteiger partial charge on any atom is -0.497 e. The number of hydrogen-bond donors (Lipinski definition) is 1. The van der Waals surface area contributed by atoms with Crippen LogP contribution in [-0.2, 0) is 4.74 Å². The Morgan fingerprint density at radius 3 is 2.50 bits per heavy atom. The van der Waals surface area contributed by atoms with E-state index in [1.807, 2.05) is 6.92 Å². The highest BCUT2D eigenvalue weighted by Gasteiger charge is 1.81. The maximum atomic E-state index is 5.45. The van der Waals surface area contributed by atoms with Crippen molar-refractivity contribution in [3.63, 3.8) is 0 Å². The van der Waals surface area contributed by atoms with Crippen LogP contribution in [-0.4, -0.2) is 7.11 Å². The number of rotatable bonds is 3. The molecule has 0 rings (SSSR count). The SMILES string of the molecule is C=C(/C=C\C(N)=C/C)OC. The van der Waals surface area contributed by atoms with Crippen LogP contribution in [0.15, 0.2) is 36.3 Å². The number of methoxy groups -OCH3 is 1. The summed E-state index contributed by atoms with van der Waals surface area (Å²) in [5.41, 5.74) is 6.16. The minimum absolute atomic E-state index is 0.602. The lowest BCUT2D eigenvalue weighted by Gasteiger charge is -1.94. The molecule has 0 amide bonds. The van der Waals surface area contributed by atoms with Gasteiger partial charge in [-0.15, -0.1) is 0 Å². The maximum absolute atomic E-state index is 5.45. The predicted octanol–water partition coefficient (Wildman–Crippen LogP) is 1.57. The van der Waals surface area contributed by atoms with Gasteiger partial charge < -0.3 is 10.5 Å². The Morgan fingerprint density at radius 2 is 2.10 bits per heavy atom. The summed E-state index contributed by atoms with van der Waals surface area (Å²) >= 11 is 0. The Balaban J connectivity index is 3.88. The van der Waals surface area contributed by atoms with Crippen molar-refractivity contribution in [2.24, 2.45) is 5.73 Å². The molecule has 0 aromatic carbocycles. The Hall–Kier alpha value is -1.18. The molecule has 2 heteroatoms. The van der Waals surface area contributed by atoms with Gasteiger partial charge >= 0.3 is 0 Å². The predicted molar refractivity (Wildman–Crippen MR) is 43.2 cm³/mol.